The number of nitro groups is 1. The maximum Gasteiger partial charge on any atom is 0.270 e. The maximum atomic E-state index is 10.7. The second-order valence-corrected chi connectivity index (χ2v) is 5.73. The molecule has 2 aromatic rings. The standard InChI is InChI=1S/C14H12ClNO2S/c1-9-3-5-13(10(2)7-9)19-14-6-4-11(16(17)18)8-12(14)15/h3-8H,1-2H3. The van der Waals surface area contributed by atoms with Gasteiger partial charge in [0, 0.05) is 21.9 Å². The molecule has 98 valence electrons. The van der Waals surface area contributed by atoms with E-state index in [4.69, 9.17) is 11.6 Å². The van der Waals surface area contributed by atoms with E-state index < -0.39 is 4.92 Å². The highest BCUT2D eigenvalue weighted by atomic mass is 35.5. The molecular weight excluding hydrogens is 282 g/mol. The molecule has 0 aliphatic carbocycles. The molecular formula is C14H12ClNO2S. The van der Waals surface area contributed by atoms with Gasteiger partial charge in [-0.1, -0.05) is 41.1 Å². The van der Waals surface area contributed by atoms with Crippen molar-refractivity contribution in [3.63, 3.8) is 0 Å². The van der Waals surface area contributed by atoms with Gasteiger partial charge in [0.25, 0.3) is 5.69 Å². The molecule has 0 heterocycles. The molecule has 0 radical (unpaired) electrons. The summed E-state index contributed by atoms with van der Waals surface area (Å²) in [4.78, 5) is 12.1. The predicted octanol–water partition coefficient (Wildman–Crippen LogP) is 5.02. The van der Waals surface area contributed by atoms with Crippen LogP contribution in [0.3, 0.4) is 0 Å². The van der Waals surface area contributed by atoms with Crippen LogP contribution in [0.25, 0.3) is 0 Å². The van der Waals surface area contributed by atoms with Crippen LogP contribution < -0.4 is 0 Å². The fraction of sp³-hybridized carbons (Fsp3) is 0.143. The number of rotatable bonds is 3. The first-order valence-electron chi connectivity index (χ1n) is 5.66. The van der Waals surface area contributed by atoms with E-state index in [1.54, 1.807) is 6.07 Å². The minimum absolute atomic E-state index is 0.00924. The largest absolute Gasteiger partial charge is 0.270 e. The summed E-state index contributed by atoms with van der Waals surface area (Å²) < 4.78 is 0. The van der Waals surface area contributed by atoms with Gasteiger partial charge in [0.05, 0.1) is 9.95 Å². The van der Waals surface area contributed by atoms with E-state index in [9.17, 15) is 10.1 Å². The third kappa shape index (κ3) is 3.28. The summed E-state index contributed by atoms with van der Waals surface area (Å²) in [5, 5.41) is 11.1. The summed E-state index contributed by atoms with van der Waals surface area (Å²) in [7, 11) is 0. The van der Waals surface area contributed by atoms with Crippen molar-refractivity contribution in [2.45, 2.75) is 23.6 Å². The molecule has 0 bridgehead atoms. The molecule has 0 spiro atoms. The lowest BCUT2D eigenvalue weighted by molar-refractivity contribution is -0.384. The monoisotopic (exact) mass is 293 g/mol. The van der Waals surface area contributed by atoms with Gasteiger partial charge in [0.1, 0.15) is 0 Å². The predicted molar refractivity (Wildman–Crippen MR) is 78.1 cm³/mol. The lowest BCUT2D eigenvalue weighted by Gasteiger charge is -2.07. The van der Waals surface area contributed by atoms with Crippen molar-refractivity contribution in [2.75, 3.05) is 0 Å². The fourth-order valence-corrected chi connectivity index (χ4v) is 2.89. The summed E-state index contributed by atoms with van der Waals surface area (Å²) in [6, 6.07) is 10.7. The summed E-state index contributed by atoms with van der Waals surface area (Å²) in [6.07, 6.45) is 0. The van der Waals surface area contributed by atoms with E-state index in [1.165, 1.54) is 35.0 Å². The minimum Gasteiger partial charge on any atom is -0.258 e. The maximum absolute atomic E-state index is 10.7. The number of nitrogens with zero attached hydrogens (tertiary/aromatic N) is 1. The zero-order valence-electron chi connectivity index (χ0n) is 10.5. The van der Waals surface area contributed by atoms with E-state index in [2.05, 4.69) is 6.07 Å². The zero-order valence-corrected chi connectivity index (χ0v) is 12.1. The third-order valence-electron chi connectivity index (χ3n) is 2.68. The number of aryl methyl sites for hydroxylation is 2. The highest BCUT2D eigenvalue weighted by Crippen LogP contribution is 2.36. The Balaban J connectivity index is 2.31. The van der Waals surface area contributed by atoms with Gasteiger partial charge in [-0.3, -0.25) is 10.1 Å². The fourth-order valence-electron chi connectivity index (χ4n) is 1.72. The molecule has 0 aliphatic heterocycles. The molecule has 0 aliphatic rings. The van der Waals surface area contributed by atoms with Crippen molar-refractivity contribution in [1.82, 2.24) is 0 Å². The molecule has 0 saturated carbocycles. The van der Waals surface area contributed by atoms with Crippen molar-refractivity contribution >= 4 is 29.1 Å². The highest BCUT2D eigenvalue weighted by Gasteiger charge is 2.11. The number of hydrogen-bond donors (Lipinski definition) is 0. The van der Waals surface area contributed by atoms with E-state index in [0.29, 0.717) is 5.02 Å². The number of non-ortho nitro benzene ring substituents is 1. The number of nitro benzene ring substituents is 1. The Bertz CT molecular complexity index is 643. The van der Waals surface area contributed by atoms with E-state index in [1.807, 2.05) is 26.0 Å². The Hall–Kier alpha value is -1.52. The van der Waals surface area contributed by atoms with Crippen molar-refractivity contribution in [3.8, 4) is 0 Å². The lowest BCUT2D eigenvalue weighted by atomic mass is 10.2. The quantitative estimate of drug-likeness (QED) is 0.590. The summed E-state index contributed by atoms with van der Waals surface area (Å²) in [6.45, 7) is 4.08. The van der Waals surface area contributed by atoms with Gasteiger partial charge < -0.3 is 0 Å². The van der Waals surface area contributed by atoms with Crippen LogP contribution in [-0.4, -0.2) is 4.92 Å². The van der Waals surface area contributed by atoms with Crippen molar-refractivity contribution in [3.05, 3.63) is 62.7 Å². The van der Waals surface area contributed by atoms with Crippen molar-refractivity contribution < 1.29 is 4.92 Å². The normalized spacial score (nSPS) is 10.5. The van der Waals surface area contributed by atoms with Crippen LogP contribution in [-0.2, 0) is 0 Å². The topological polar surface area (TPSA) is 43.1 Å². The second-order valence-electron chi connectivity index (χ2n) is 4.24. The van der Waals surface area contributed by atoms with Crippen LogP contribution in [0.4, 0.5) is 5.69 Å². The average Bonchev–Trinajstić information content (AvgIpc) is 2.34. The van der Waals surface area contributed by atoms with Gasteiger partial charge >= 0.3 is 0 Å². The Morgan fingerprint density at radius 3 is 2.37 bits per heavy atom. The van der Waals surface area contributed by atoms with Gasteiger partial charge in [-0.2, -0.15) is 0 Å². The Morgan fingerprint density at radius 2 is 1.79 bits per heavy atom. The van der Waals surface area contributed by atoms with Crippen LogP contribution in [0.5, 0.6) is 0 Å². The summed E-state index contributed by atoms with van der Waals surface area (Å²) in [5.74, 6) is 0. The molecule has 5 heteroatoms. The Labute approximate surface area is 120 Å². The average molecular weight is 294 g/mol. The van der Waals surface area contributed by atoms with Crippen molar-refractivity contribution in [2.24, 2.45) is 0 Å². The molecule has 3 nitrogen and oxygen atoms in total. The number of halogens is 1. The van der Waals surface area contributed by atoms with E-state index >= 15 is 0 Å². The van der Waals surface area contributed by atoms with Crippen LogP contribution in [0.1, 0.15) is 11.1 Å². The molecule has 0 saturated heterocycles. The summed E-state index contributed by atoms with van der Waals surface area (Å²) >= 11 is 7.60. The number of benzene rings is 2. The first kappa shape index (κ1) is 13.9. The lowest BCUT2D eigenvalue weighted by Crippen LogP contribution is -1.88. The molecule has 0 unspecified atom stereocenters. The van der Waals surface area contributed by atoms with Gasteiger partial charge in [0.2, 0.25) is 0 Å². The summed E-state index contributed by atoms with van der Waals surface area (Å²) in [5.41, 5.74) is 2.38. The second kappa shape index (κ2) is 5.63. The highest BCUT2D eigenvalue weighted by molar-refractivity contribution is 7.99. The van der Waals surface area contributed by atoms with Crippen LogP contribution >= 0.6 is 23.4 Å². The Morgan fingerprint density at radius 1 is 1.11 bits per heavy atom. The molecule has 19 heavy (non-hydrogen) atoms. The SMILES string of the molecule is Cc1ccc(Sc2ccc([N+](=O)[O-])cc2Cl)c(C)c1. The zero-order chi connectivity index (χ0) is 14.0. The van der Waals surface area contributed by atoms with Crippen molar-refractivity contribution in [1.29, 1.82) is 0 Å². The first-order chi connectivity index (χ1) is 8.97. The minimum atomic E-state index is -0.447. The molecule has 0 N–H and O–H groups in total. The molecule has 0 fully saturated rings. The van der Waals surface area contributed by atoms with Gasteiger partial charge in [-0.25, -0.2) is 0 Å². The van der Waals surface area contributed by atoms with Gasteiger partial charge in [-0.15, -0.1) is 0 Å². The Kier molecular flexibility index (Phi) is 4.12. The molecule has 0 amide bonds. The van der Waals surface area contributed by atoms with E-state index in [-0.39, 0.29) is 5.69 Å². The third-order valence-corrected chi connectivity index (χ3v) is 4.36. The van der Waals surface area contributed by atoms with Gasteiger partial charge in [0.15, 0.2) is 0 Å². The molecule has 2 rings (SSSR count). The van der Waals surface area contributed by atoms with Crippen LogP contribution in [0.15, 0.2) is 46.2 Å². The smallest absolute Gasteiger partial charge is 0.258 e. The van der Waals surface area contributed by atoms with Crippen LogP contribution in [0.2, 0.25) is 5.02 Å². The molecule has 0 aromatic heterocycles. The van der Waals surface area contributed by atoms with Crippen LogP contribution in [0, 0.1) is 24.0 Å². The molecule has 2 aromatic carbocycles. The van der Waals surface area contributed by atoms with E-state index in [0.717, 1.165) is 9.79 Å². The molecule has 0 atom stereocenters. The number of hydrogen-bond acceptors (Lipinski definition) is 3. The first-order valence-corrected chi connectivity index (χ1v) is 6.86. The van der Waals surface area contributed by atoms with Gasteiger partial charge in [-0.05, 0) is 31.5 Å².